The molecule has 0 spiro atoms. The van der Waals surface area contributed by atoms with Crippen LogP contribution in [-0.4, -0.2) is 74.9 Å². The van der Waals surface area contributed by atoms with E-state index in [1.807, 2.05) is 13.8 Å². The van der Waals surface area contributed by atoms with E-state index in [1.54, 1.807) is 4.90 Å². The molecule has 0 saturated carbocycles. The predicted molar refractivity (Wildman–Crippen MR) is 150 cm³/mol. The van der Waals surface area contributed by atoms with Crippen molar-refractivity contribution in [1.29, 1.82) is 0 Å². The normalized spacial score (nSPS) is 12.6. The molecule has 0 bridgehead atoms. The van der Waals surface area contributed by atoms with E-state index in [9.17, 15) is 33.6 Å². The maximum atomic E-state index is 13.5. The van der Waals surface area contributed by atoms with Gasteiger partial charge in [-0.3, -0.25) is 33.8 Å². The van der Waals surface area contributed by atoms with Crippen molar-refractivity contribution in [3.05, 3.63) is 29.3 Å². The summed E-state index contributed by atoms with van der Waals surface area (Å²) in [6, 6.07) is 1.45. The number of carboxylic acid groups (broad SMARTS) is 1. The van der Waals surface area contributed by atoms with Gasteiger partial charge in [-0.25, -0.2) is 4.57 Å². The van der Waals surface area contributed by atoms with Crippen molar-refractivity contribution in [2.24, 2.45) is 0 Å². The zero-order valence-corrected chi connectivity index (χ0v) is 24.7. The first-order chi connectivity index (χ1) is 19.3. The fourth-order valence-corrected chi connectivity index (χ4v) is 4.60. The zero-order valence-electron chi connectivity index (χ0n) is 23.8. The summed E-state index contributed by atoms with van der Waals surface area (Å²) in [6.07, 6.45) is 4.95. The summed E-state index contributed by atoms with van der Waals surface area (Å²) in [7, 11) is -4.93. The van der Waals surface area contributed by atoms with Gasteiger partial charge in [0.15, 0.2) is 6.29 Å². The van der Waals surface area contributed by atoms with E-state index in [0.717, 1.165) is 44.6 Å². The van der Waals surface area contributed by atoms with E-state index in [1.165, 1.54) is 19.1 Å². The SMILES string of the molecule is CCCCCN(CCCCC)C(=O)[C@H](CCC(=O)O)NC(=O)[C@H](Cc1ccc(OP(=O)(O)O)c(C=O)c1)NC(C)=O. The molecule has 0 aliphatic heterocycles. The number of hydrogen-bond acceptors (Lipinski definition) is 7. The minimum atomic E-state index is -4.93. The molecule has 41 heavy (non-hydrogen) atoms. The van der Waals surface area contributed by atoms with E-state index < -0.39 is 43.6 Å². The molecule has 0 radical (unpaired) electrons. The Morgan fingerprint density at radius 3 is 2.10 bits per heavy atom. The lowest BCUT2D eigenvalue weighted by molar-refractivity contribution is -0.140. The van der Waals surface area contributed by atoms with Crippen LogP contribution in [0.1, 0.15) is 88.1 Å². The van der Waals surface area contributed by atoms with Crippen molar-refractivity contribution >= 4 is 37.8 Å². The number of nitrogens with zero attached hydrogens (tertiary/aromatic N) is 1. The fraction of sp³-hybridized carbons (Fsp3) is 0.593. The molecule has 0 heterocycles. The number of carboxylic acids is 1. The number of unbranched alkanes of at least 4 members (excludes halogenated alkanes) is 4. The van der Waals surface area contributed by atoms with E-state index in [0.29, 0.717) is 24.9 Å². The number of aldehydes is 1. The molecule has 5 N–H and O–H groups in total. The molecule has 1 aromatic rings. The third kappa shape index (κ3) is 14.3. The van der Waals surface area contributed by atoms with Crippen LogP contribution in [0, 0.1) is 0 Å². The van der Waals surface area contributed by atoms with Gasteiger partial charge in [-0.15, -0.1) is 0 Å². The summed E-state index contributed by atoms with van der Waals surface area (Å²) in [5, 5.41) is 14.4. The Morgan fingerprint density at radius 2 is 1.61 bits per heavy atom. The topological polar surface area (TPSA) is 200 Å². The van der Waals surface area contributed by atoms with Gasteiger partial charge < -0.3 is 25.2 Å². The molecule has 3 amide bonds. The number of aliphatic carboxylic acids is 1. The highest BCUT2D eigenvalue weighted by molar-refractivity contribution is 7.46. The van der Waals surface area contributed by atoms with Crippen LogP contribution < -0.4 is 15.2 Å². The van der Waals surface area contributed by atoms with Gasteiger partial charge in [-0.05, 0) is 37.0 Å². The standard InChI is InChI=1S/C27H42N3O10P/c1-4-6-8-14-30(15-9-7-5-2)27(36)22(11-13-25(33)34)29-26(35)23(28-19(3)32)17-20-10-12-24(21(16-20)18-31)40-41(37,38)39/h10,12,16,18,22-23H,4-9,11,13-15,17H2,1-3H3,(H,28,32)(H,29,35)(H,33,34)(H2,37,38,39)/t22-,23-/m0/s1. The number of hydrogen-bond donors (Lipinski definition) is 5. The largest absolute Gasteiger partial charge is 0.524 e. The molecule has 14 heteroatoms. The van der Waals surface area contributed by atoms with E-state index >= 15 is 0 Å². The zero-order chi connectivity index (χ0) is 31.0. The molecule has 1 rings (SSSR count). The van der Waals surface area contributed by atoms with Gasteiger partial charge in [0.2, 0.25) is 17.7 Å². The Balaban J connectivity index is 3.22. The summed E-state index contributed by atoms with van der Waals surface area (Å²) in [5.41, 5.74) is 0.172. The molecule has 2 atom stereocenters. The maximum Gasteiger partial charge on any atom is 0.524 e. The van der Waals surface area contributed by atoms with Crippen LogP contribution in [-0.2, 0) is 30.2 Å². The Bertz CT molecular complexity index is 1080. The molecule has 0 aliphatic rings. The minimum Gasteiger partial charge on any atom is -0.481 e. The number of phosphoric ester groups is 1. The van der Waals surface area contributed by atoms with Crippen molar-refractivity contribution in [2.45, 2.75) is 90.6 Å². The number of benzene rings is 1. The van der Waals surface area contributed by atoms with Gasteiger partial charge in [-0.1, -0.05) is 45.6 Å². The Morgan fingerprint density at radius 1 is 1.00 bits per heavy atom. The van der Waals surface area contributed by atoms with Crippen molar-refractivity contribution in [1.82, 2.24) is 15.5 Å². The van der Waals surface area contributed by atoms with Crippen LogP contribution in [0.15, 0.2) is 18.2 Å². The van der Waals surface area contributed by atoms with E-state index in [-0.39, 0.29) is 30.6 Å². The number of carbonyl (C=O) groups excluding carboxylic acids is 4. The van der Waals surface area contributed by atoms with E-state index in [2.05, 4.69) is 15.2 Å². The molecule has 1 aromatic carbocycles. The van der Waals surface area contributed by atoms with Gasteiger partial charge in [-0.2, -0.15) is 0 Å². The molecule has 0 aromatic heterocycles. The summed E-state index contributed by atoms with van der Waals surface area (Å²) < 4.78 is 15.7. The van der Waals surface area contributed by atoms with Crippen molar-refractivity contribution < 1.29 is 48.0 Å². The third-order valence-corrected chi connectivity index (χ3v) is 6.62. The van der Waals surface area contributed by atoms with Gasteiger partial charge in [0, 0.05) is 32.9 Å². The van der Waals surface area contributed by atoms with Gasteiger partial charge >= 0.3 is 13.8 Å². The Hall–Kier alpha value is -3.28. The fourth-order valence-electron chi connectivity index (χ4n) is 4.17. The van der Waals surface area contributed by atoms with Gasteiger partial charge in [0.1, 0.15) is 17.8 Å². The number of phosphoric acid groups is 1. The van der Waals surface area contributed by atoms with Gasteiger partial charge in [0.05, 0.1) is 5.56 Å². The second-order valence-corrected chi connectivity index (χ2v) is 10.9. The molecular formula is C27H42N3O10P. The number of nitrogens with one attached hydrogen (secondary N) is 2. The molecular weight excluding hydrogens is 557 g/mol. The highest BCUT2D eigenvalue weighted by Gasteiger charge is 2.30. The second-order valence-electron chi connectivity index (χ2n) is 9.76. The van der Waals surface area contributed by atoms with Crippen molar-refractivity contribution in [3.8, 4) is 5.75 Å². The monoisotopic (exact) mass is 599 g/mol. The molecule has 0 fully saturated rings. The summed E-state index contributed by atoms with van der Waals surface area (Å²) in [6.45, 7) is 6.23. The van der Waals surface area contributed by atoms with Crippen molar-refractivity contribution in [3.63, 3.8) is 0 Å². The number of amides is 3. The number of rotatable bonds is 20. The lowest BCUT2D eigenvalue weighted by Crippen LogP contribution is -2.55. The molecule has 13 nitrogen and oxygen atoms in total. The molecule has 0 unspecified atom stereocenters. The Labute approximate surface area is 240 Å². The molecule has 0 saturated heterocycles. The Kier molecular flexibility index (Phi) is 15.9. The average molecular weight is 600 g/mol. The van der Waals surface area contributed by atoms with E-state index in [4.69, 9.17) is 9.79 Å². The first-order valence-electron chi connectivity index (χ1n) is 13.7. The maximum absolute atomic E-state index is 13.5. The average Bonchev–Trinajstić information content (AvgIpc) is 2.89. The highest BCUT2D eigenvalue weighted by Crippen LogP contribution is 2.39. The first-order valence-corrected chi connectivity index (χ1v) is 15.3. The predicted octanol–water partition coefficient (Wildman–Crippen LogP) is 2.58. The third-order valence-electron chi connectivity index (χ3n) is 6.19. The highest BCUT2D eigenvalue weighted by atomic mass is 31.2. The summed E-state index contributed by atoms with van der Waals surface area (Å²) in [4.78, 5) is 81.4. The summed E-state index contributed by atoms with van der Waals surface area (Å²) in [5.74, 6) is -3.15. The lowest BCUT2D eigenvalue weighted by atomic mass is 10.0. The quantitative estimate of drug-likeness (QED) is 0.0843. The lowest BCUT2D eigenvalue weighted by Gasteiger charge is -2.29. The van der Waals surface area contributed by atoms with Gasteiger partial charge in [0.25, 0.3) is 0 Å². The van der Waals surface area contributed by atoms with Crippen LogP contribution >= 0.6 is 7.82 Å². The second kappa shape index (κ2) is 18.2. The van der Waals surface area contributed by atoms with Crippen LogP contribution in [0.4, 0.5) is 0 Å². The number of carbonyl (C=O) groups is 5. The van der Waals surface area contributed by atoms with Crippen LogP contribution in [0.25, 0.3) is 0 Å². The molecule has 230 valence electrons. The van der Waals surface area contributed by atoms with Crippen LogP contribution in [0.3, 0.4) is 0 Å². The molecule has 0 aliphatic carbocycles. The van der Waals surface area contributed by atoms with Crippen molar-refractivity contribution in [2.75, 3.05) is 13.1 Å². The smallest absolute Gasteiger partial charge is 0.481 e. The van der Waals surface area contributed by atoms with Crippen LogP contribution in [0.2, 0.25) is 0 Å². The van der Waals surface area contributed by atoms with Crippen LogP contribution in [0.5, 0.6) is 5.75 Å². The summed E-state index contributed by atoms with van der Waals surface area (Å²) >= 11 is 0. The minimum absolute atomic E-state index is 0.140. The first kappa shape index (κ1) is 35.7.